The number of carboxylic acid groups (broad SMARTS) is 1. The molecule has 0 saturated heterocycles. The third kappa shape index (κ3) is 7.88. The van der Waals surface area contributed by atoms with Gasteiger partial charge in [-0.15, -0.1) is 0 Å². The summed E-state index contributed by atoms with van der Waals surface area (Å²) < 4.78 is 24.9. The average molecular weight is 605 g/mol. The van der Waals surface area contributed by atoms with Gasteiger partial charge in [0.05, 0.1) is 52.7 Å². The molecule has 0 bridgehead atoms. The molecule has 0 aliphatic carbocycles. The number of hydrogen-bond donors (Lipinski definition) is 4. The van der Waals surface area contributed by atoms with E-state index < -0.39 is 27.7 Å². The van der Waals surface area contributed by atoms with E-state index in [-0.39, 0.29) is 45.4 Å². The van der Waals surface area contributed by atoms with Gasteiger partial charge in [0.1, 0.15) is 11.7 Å². The van der Waals surface area contributed by atoms with Crippen molar-refractivity contribution in [2.24, 2.45) is 4.99 Å². The third-order valence-corrected chi connectivity index (χ3v) is 8.33. The summed E-state index contributed by atoms with van der Waals surface area (Å²) in [6.45, 7) is 0.561. The molecule has 3 rings (SSSR count). The molecule has 1 aliphatic heterocycles. The molecule has 2 aromatic carbocycles. The molecule has 4 N–H and O–H groups in total. The molecule has 38 heavy (non-hydrogen) atoms. The first-order valence-corrected chi connectivity index (χ1v) is 14.0. The Morgan fingerprint density at radius 2 is 1.66 bits per heavy atom. The van der Waals surface area contributed by atoms with Crippen LogP contribution >= 0.6 is 34.8 Å². The van der Waals surface area contributed by atoms with Crippen LogP contribution in [0.5, 0.6) is 0 Å². The number of sulfone groups is 1. The fraction of sp³-hybridized carbons (Fsp3) is 0.304. The largest absolute Gasteiger partial charge is 0.465 e. The number of hydrogen-bond acceptors (Lipinski definition) is 8. The van der Waals surface area contributed by atoms with E-state index in [1.165, 1.54) is 17.0 Å². The van der Waals surface area contributed by atoms with Crippen molar-refractivity contribution in [3.05, 3.63) is 62.6 Å². The van der Waals surface area contributed by atoms with Crippen molar-refractivity contribution in [1.82, 2.24) is 20.9 Å². The van der Waals surface area contributed by atoms with Crippen LogP contribution in [0.2, 0.25) is 15.1 Å². The summed E-state index contributed by atoms with van der Waals surface area (Å²) in [6.07, 6.45) is -1.05. The van der Waals surface area contributed by atoms with Crippen molar-refractivity contribution >= 4 is 68.3 Å². The monoisotopic (exact) mass is 603 g/mol. The molecule has 2 amide bonds. The van der Waals surface area contributed by atoms with Gasteiger partial charge in [-0.3, -0.25) is 24.8 Å². The van der Waals surface area contributed by atoms with Crippen LogP contribution in [0.3, 0.4) is 0 Å². The summed E-state index contributed by atoms with van der Waals surface area (Å²) in [5, 5.41) is 17.0. The van der Waals surface area contributed by atoms with E-state index in [0.717, 1.165) is 5.56 Å². The first kappa shape index (κ1) is 29.8. The zero-order valence-electron chi connectivity index (χ0n) is 19.8. The van der Waals surface area contributed by atoms with Crippen molar-refractivity contribution in [3.8, 4) is 0 Å². The molecular formula is C23H24Cl3N5O6S. The van der Waals surface area contributed by atoms with Crippen molar-refractivity contribution in [2.45, 2.75) is 11.4 Å². The van der Waals surface area contributed by atoms with Gasteiger partial charge < -0.3 is 15.7 Å². The molecule has 1 aliphatic rings. The van der Waals surface area contributed by atoms with Crippen LogP contribution in [-0.4, -0.2) is 80.6 Å². The van der Waals surface area contributed by atoms with E-state index in [0.29, 0.717) is 31.0 Å². The van der Waals surface area contributed by atoms with Crippen molar-refractivity contribution in [2.75, 3.05) is 38.6 Å². The maximum Gasteiger partial charge on any atom is 0.413 e. The van der Waals surface area contributed by atoms with Gasteiger partial charge in [0.15, 0.2) is 15.6 Å². The average Bonchev–Trinajstić information content (AvgIpc) is 3.37. The van der Waals surface area contributed by atoms with Gasteiger partial charge in [-0.05, 0) is 17.7 Å². The van der Waals surface area contributed by atoms with Crippen LogP contribution < -0.4 is 16.0 Å². The van der Waals surface area contributed by atoms with Crippen LogP contribution in [0.1, 0.15) is 11.1 Å². The van der Waals surface area contributed by atoms with Gasteiger partial charge in [0.2, 0.25) is 5.91 Å². The molecule has 0 unspecified atom stereocenters. The number of rotatable bonds is 12. The van der Waals surface area contributed by atoms with Crippen LogP contribution in [-0.2, 0) is 26.0 Å². The Morgan fingerprint density at radius 3 is 2.34 bits per heavy atom. The Balaban J connectivity index is 1.35. The van der Waals surface area contributed by atoms with Gasteiger partial charge in [-0.2, -0.15) is 0 Å². The molecule has 0 atom stereocenters. The SMILES string of the molecule is O=C(CNCc1ccc(C2=NCCN2C(=O)O)cc1)CNC(=O)CNCS(=O)(=O)c1ccc(Cl)c(Cl)c1Cl. The zero-order chi connectivity index (χ0) is 27.9. The summed E-state index contributed by atoms with van der Waals surface area (Å²) in [5.74, 6) is -1.00. The molecule has 1 heterocycles. The van der Waals surface area contributed by atoms with E-state index in [1.54, 1.807) is 24.3 Å². The van der Waals surface area contributed by atoms with Gasteiger partial charge in [-0.25, -0.2) is 13.2 Å². The normalized spacial score (nSPS) is 13.3. The summed E-state index contributed by atoms with van der Waals surface area (Å²) in [7, 11) is -3.89. The van der Waals surface area contributed by atoms with Gasteiger partial charge in [0, 0.05) is 12.1 Å². The number of ketones is 1. The lowest BCUT2D eigenvalue weighted by Gasteiger charge is -2.14. The summed E-state index contributed by atoms with van der Waals surface area (Å²) in [4.78, 5) is 40.5. The molecular weight excluding hydrogens is 581 g/mol. The number of Topliss-reactive ketones (excluding diaryl/α,β-unsaturated/α-hetero) is 1. The molecule has 0 radical (unpaired) electrons. The number of amidine groups is 1. The second-order valence-corrected chi connectivity index (χ2v) is 11.2. The Bertz CT molecular complexity index is 1350. The highest BCUT2D eigenvalue weighted by molar-refractivity contribution is 7.91. The van der Waals surface area contributed by atoms with Crippen LogP contribution in [0, 0.1) is 0 Å². The molecule has 0 fully saturated rings. The minimum absolute atomic E-state index is 0.000829. The van der Waals surface area contributed by atoms with Gasteiger partial charge >= 0.3 is 6.09 Å². The molecule has 0 aromatic heterocycles. The number of amides is 2. The maximum absolute atomic E-state index is 12.5. The highest BCUT2D eigenvalue weighted by Crippen LogP contribution is 2.35. The second kappa shape index (κ2) is 13.4. The highest BCUT2D eigenvalue weighted by atomic mass is 35.5. The molecule has 204 valence electrons. The molecule has 11 nitrogen and oxygen atoms in total. The standard InChI is InChI=1S/C23H24Cl3N5O6S/c24-17-5-6-18(21(26)20(17)25)38(36,37)13-28-12-19(33)30-11-16(32)10-27-9-14-1-3-15(4-2-14)22-29-7-8-31(22)23(34)35/h1-6,27-28H,7-13H2,(H,30,33)(H,34,35). The van der Waals surface area contributed by atoms with E-state index in [1.807, 2.05) is 0 Å². The van der Waals surface area contributed by atoms with Crippen LogP contribution in [0.4, 0.5) is 4.79 Å². The first-order chi connectivity index (χ1) is 18.0. The number of halogens is 3. The van der Waals surface area contributed by atoms with Crippen LogP contribution in [0.15, 0.2) is 46.3 Å². The number of nitrogens with one attached hydrogen (secondary N) is 3. The minimum atomic E-state index is -3.89. The molecule has 15 heteroatoms. The number of carbonyl (C=O) groups excluding carboxylic acids is 2. The van der Waals surface area contributed by atoms with Crippen molar-refractivity contribution < 1.29 is 27.9 Å². The smallest absolute Gasteiger partial charge is 0.413 e. The Hall–Kier alpha value is -2.74. The third-order valence-electron chi connectivity index (χ3n) is 5.33. The Morgan fingerprint density at radius 1 is 0.947 bits per heavy atom. The van der Waals surface area contributed by atoms with Gasteiger partial charge in [-0.1, -0.05) is 59.1 Å². The molecule has 0 spiro atoms. The predicted octanol–water partition coefficient (Wildman–Crippen LogP) is 2.18. The number of aliphatic imine (C=N–C) groups is 1. The van der Waals surface area contributed by atoms with Crippen LogP contribution in [0.25, 0.3) is 0 Å². The highest BCUT2D eigenvalue weighted by Gasteiger charge is 2.24. The summed E-state index contributed by atoms with van der Waals surface area (Å²) in [5.41, 5.74) is 1.56. The molecule has 2 aromatic rings. The first-order valence-electron chi connectivity index (χ1n) is 11.2. The van der Waals surface area contributed by atoms with E-state index in [2.05, 4.69) is 20.9 Å². The molecule has 0 saturated carbocycles. The second-order valence-electron chi connectivity index (χ2n) is 8.11. The van der Waals surface area contributed by atoms with Gasteiger partial charge in [0.25, 0.3) is 0 Å². The maximum atomic E-state index is 12.5. The fourth-order valence-electron chi connectivity index (χ4n) is 3.45. The summed E-state index contributed by atoms with van der Waals surface area (Å²) in [6, 6.07) is 9.68. The van der Waals surface area contributed by atoms with E-state index >= 15 is 0 Å². The fourth-order valence-corrected chi connectivity index (χ4v) is 5.57. The topological polar surface area (TPSA) is 157 Å². The predicted molar refractivity (Wildman–Crippen MR) is 144 cm³/mol. The Kier molecular flexibility index (Phi) is 10.5. The lowest BCUT2D eigenvalue weighted by Crippen LogP contribution is -2.40. The lowest BCUT2D eigenvalue weighted by molar-refractivity contribution is -0.124. The Labute approximate surface area is 234 Å². The number of carbonyl (C=O) groups is 3. The van der Waals surface area contributed by atoms with E-state index in [9.17, 15) is 27.9 Å². The lowest BCUT2D eigenvalue weighted by atomic mass is 10.1. The van der Waals surface area contributed by atoms with Crippen molar-refractivity contribution in [1.29, 1.82) is 0 Å². The number of nitrogens with zero attached hydrogens (tertiary/aromatic N) is 2. The zero-order valence-corrected chi connectivity index (χ0v) is 22.9. The number of benzene rings is 2. The minimum Gasteiger partial charge on any atom is -0.465 e. The van der Waals surface area contributed by atoms with Crippen molar-refractivity contribution in [3.63, 3.8) is 0 Å². The quantitative estimate of drug-likeness (QED) is 0.269. The van der Waals surface area contributed by atoms with E-state index in [4.69, 9.17) is 34.8 Å². The summed E-state index contributed by atoms with van der Waals surface area (Å²) >= 11 is 17.7.